The summed E-state index contributed by atoms with van der Waals surface area (Å²) in [6.07, 6.45) is 0. The third kappa shape index (κ3) is 3.45. The molecule has 0 saturated carbocycles. The molecule has 0 aromatic heterocycles. The number of amides is 1. The van der Waals surface area contributed by atoms with E-state index in [1.54, 1.807) is 6.07 Å². The van der Waals surface area contributed by atoms with Gasteiger partial charge in [0.25, 0.3) is 0 Å². The Morgan fingerprint density at radius 2 is 2.17 bits per heavy atom. The fraction of sp³-hybridized carbons (Fsp3) is 0.462. The van der Waals surface area contributed by atoms with E-state index >= 15 is 0 Å². The number of hydrogen-bond donors (Lipinski definition) is 1. The number of morpholine rings is 1. The quantitative estimate of drug-likeness (QED) is 0.911. The largest absolute Gasteiger partial charge is 0.379 e. The number of anilines is 1. The first-order valence-corrected chi connectivity index (χ1v) is 6.39. The van der Waals surface area contributed by atoms with Gasteiger partial charge in [-0.15, -0.1) is 0 Å². The van der Waals surface area contributed by atoms with Crippen molar-refractivity contribution in [3.8, 4) is 0 Å². The molecule has 0 atom stereocenters. The van der Waals surface area contributed by atoms with E-state index in [1.165, 1.54) is 0 Å². The van der Waals surface area contributed by atoms with Crippen molar-refractivity contribution in [1.82, 2.24) is 4.90 Å². The summed E-state index contributed by atoms with van der Waals surface area (Å²) >= 11 is 6.07. The third-order valence-corrected chi connectivity index (χ3v) is 3.27. The molecule has 2 rings (SSSR count). The standard InChI is InChI=1S/C13H17ClN2O2/c1-10-3-2-4-11(14)13(10)15-12(17)9-16-5-7-18-8-6-16/h2-4H,5-9H2,1H3,(H,15,17). The van der Waals surface area contributed by atoms with Crippen LogP contribution in [0.1, 0.15) is 5.56 Å². The summed E-state index contributed by atoms with van der Waals surface area (Å²) in [5.74, 6) is -0.0342. The molecular weight excluding hydrogens is 252 g/mol. The van der Waals surface area contributed by atoms with Crippen molar-refractivity contribution in [3.05, 3.63) is 28.8 Å². The zero-order valence-corrected chi connectivity index (χ0v) is 11.2. The van der Waals surface area contributed by atoms with Gasteiger partial charge in [0.1, 0.15) is 0 Å². The number of nitrogens with zero attached hydrogens (tertiary/aromatic N) is 1. The highest BCUT2D eigenvalue weighted by atomic mass is 35.5. The summed E-state index contributed by atoms with van der Waals surface area (Å²) in [6, 6.07) is 5.57. The Bertz CT molecular complexity index is 411. The number of rotatable bonds is 3. The van der Waals surface area contributed by atoms with Crippen LogP contribution in [-0.2, 0) is 9.53 Å². The highest BCUT2D eigenvalue weighted by Crippen LogP contribution is 2.25. The second-order valence-electron chi connectivity index (χ2n) is 4.37. The normalized spacial score (nSPS) is 16.6. The maximum Gasteiger partial charge on any atom is 0.238 e. The third-order valence-electron chi connectivity index (χ3n) is 2.96. The molecule has 0 spiro atoms. The minimum Gasteiger partial charge on any atom is -0.379 e. The van der Waals surface area contributed by atoms with Crippen molar-refractivity contribution in [2.45, 2.75) is 6.92 Å². The van der Waals surface area contributed by atoms with Gasteiger partial charge in [0.05, 0.1) is 30.5 Å². The van der Waals surface area contributed by atoms with E-state index < -0.39 is 0 Å². The summed E-state index contributed by atoms with van der Waals surface area (Å²) < 4.78 is 5.24. The zero-order valence-electron chi connectivity index (χ0n) is 10.4. The van der Waals surface area contributed by atoms with E-state index in [0.29, 0.717) is 30.5 Å². The van der Waals surface area contributed by atoms with Crippen LogP contribution in [0.2, 0.25) is 5.02 Å². The summed E-state index contributed by atoms with van der Waals surface area (Å²) in [4.78, 5) is 14.0. The molecule has 0 aliphatic carbocycles. The fourth-order valence-electron chi connectivity index (χ4n) is 1.93. The number of aryl methyl sites for hydroxylation is 1. The molecular formula is C13H17ClN2O2. The Morgan fingerprint density at radius 3 is 2.83 bits per heavy atom. The maximum absolute atomic E-state index is 11.9. The first kappa shape index (κ1) is 13.3. The van der Waals surface area contributed by atoms with Gasteiger partial charge < -0.3 is 10.1 Å². The highest BCUT2D eigenvalue weighted by Gasteiger charge is 2.15. The molecule has 1 amide bonds. The highest BCUT2D eigenvalue weighted by molar-refractivity contribution is 6.33. The maximum atomic E-state index is 11.9. The first-order chi connectivity index (χ1) is 8.66. The first-order valence-electron chi connectivity index (χ1n) is 6.02. The molecule has 1 aromatic carbocycles. The molecule has 1 saturated heterocycles. The molecule has 0 radical (unpaired) electrons. The number of nitrogens with one attached hydrogen (secondary N) is 1. The number of para-hydroxylation sites is 1. The van der Waals surface area contributed by atoms with Gasteiger partial charge in [0, 0.05) is 13.1 Å². The second-order valence-corrected chi connectivity index (χ2v) is 4.78. The summed E-state index contributed by atoms with van der Waals surface area (Å²) in [5.41, 5.74) is 1.68. The topological polar surface area (TPSA) is 41.6 Å². The van der Waals surface area contributed by atoms with Gasteiger partial charge in [-0.2, -0.15) is 0 Å². The van der Waals surface area contributed by atoms with Crippen LogP contribution in [0, 0.1) is 6.92 Å². The Kier molecular flexibility index (Phi) is 4.58. The second kappa shape index (κ2) is 6.18. The van der Waals surface area contributed by atoms with Gasteiger partial charge in [0.15, 0.2) is 0 Å². The predicted octanol–water partition coefficient (Wildman–Crippen LogP) is 1.92. The SMILES string of the molecule is Cc1cccc(Cl)c1NC(=O)CN1CCOCC1. The van der Waals surface area contributed by atoms with Gasteiger partial charge in [-0.1, -0.05) is 23.7 Å². The number of ether oxygens (including phenoxy) is 1. The van der Waals surface area contributed by atoms with Crippen LogP contribution in [0.3, 0.4) is 0 Å². The zero-order chi connectivity index (χ0) is 13.0. The minimum atomic E-state index is -0.0342. The van der Waals surface area contributed by atoms with Crippen molar-refractivity contribution < 1.29 is 9.53 Å². The lowest BCUT2D eigenvalue weighted by Crippen LogP contribution is -2.41. The predicted molar refractivity (Wildman–Crippen MR) is 72.1 cm³/mol. The van der Waals surface area contributed by atoms with Crippen LogP contribution < -0.4 is 5.32 Å². The average Bonchev–Trinajstić information content (AvgIpc) is 2.35. The van der Waals surface area contributed by atoms with Crippen LogP contribution in [-0.4, -0.2) is 43.7 Å². The lowest BCUT2D eigenvalue weighted by atomic mass is 10.2. The van der Waals surface area contributed by atoms with Crippen molar-refractivity contribution in [3.63, 3.8) is 0 Å². The minimum absolute atomic E-state index is 0.0342. The van der Waals surface area contributed by atoms with Crippen LogP contribution in [0.4, 0.5) is 5.69 Å². The molecule has 1 aromatic rings. The van der Waals surface area contributed by atoms with Crippen LogP contribution in [0.15, 0.2) is 18.2 Å². The van der Waals surface area contributed by atoms with E-state index in [0.717, 1.165) is 18.7 Å². The average molecular weight is 269 g/mol. The molecule has 4 nitrogen and oxygen atoms in total. The molecule has 5 heteroatoms. The van der Waals surface area contributed by atoms with Crippen LogP contribution in [0.5, 0.6) is 0 Å². The molecule has 1 N–H and O–H groups in total. The number of halogens is 1. The van der Waals surface area contributed by atoms with E-state index in [1.807, 2.05) is 19.1 Å². The Balaban J connectivity index is 1.94. The lowest BCUT2D eigenvalue weighted by Gasteiger charge is -2.26. The molecule has 0 bridgehead atoms. The van der Waals surface area contributed by atoms with Crippen LogP contribution >= 0.6 is 11.6 Å². The van der Waals surface area contributed by atoms with E-state index in [4.69, 9.17) is 16.3 Å². The molecule has 18 heavy (non-hydrogen) atoms. The molecule has 1 heterocycles. The number of carbonyl (C=O) groups excluding carboxylic acids is 1. The molecule has 1 fully saturated rings. The summed E-state index contributed by atoms with van der Waals surface area (Å²) in [7, 11) is 0. The van der Waals surface area contributed by atoms with Crippen molar-refractivity contribution in [1.29, 1.82) is 0 Å². The Labute approximate surface area is 112 Å². The van der Waals surface area contributed by atoms with Crippen molar-refractivity contribution in [2.75, 3.05) is 38.2 Å². The lowest BCUT2D eigenvalue weighted by molar-refractivity contribution is -0.118. The van der Waals surface area contributed by atoms with Crippen molar-refractivity contribution in [2.24, 2.45) is 0 Å². The molecule has 98 valence electrons. The van der Waals surface area contributed by atoms with E-state index in [-0.39, 0.29) is 5.91 Å². The van der Waals surface area contributed by atoms with E-state index in [9.17, 15) is 4.79 Å². The van der Waals surface area contributed by atoms with Crippen molar-refractivity contribution >= 4 is 23.2 Å². The number of benzene rings is 1. The summed E-state index contributed by atoms with van der Waals surface area (Å²) in [5, 5.41) is 3.45. The van der Waals surface area contributed by atoms with Crippen LogP contribution in [0.25, 0.3) is 0 Å². The van der Waals surface area contributed by atoms with Gasteiger partial charge >= 0.3 is 0 Å². The summed E-state index contributed by atoms with van der Waals surface area (Å²) in [6.45, 7) is 5.30. The number of carbonyl (C=O) groups is 1. The van der Waals surface area contributed by atoms with Gasteiger partial charge in [-0.25, -0.2) is 0 Å². The van der Waals surface area contributed by atoms with Gasteiger partial charge in [0.2, 0.25) is 5.91 Å². The van der Waals surface area contributed by atoms with E-state index in [2.05, 4.69) is 10.2 Å². The molecule has 0 unspecified atom stereocenters. The molecule has 1 aliphatic heterocycles. The van der Waals surface area contributed by atoms with Gasteiger partial charge in [-0.3, -0.25) is 9.69 Å². The Morgan fingerprint density at radius 1 is 1.44 bits per heavy atom. The molecule has 1 aliphatic rings. The Hall–Kier alpha value is -1.10. The number of hydrogen-bond acceptors (Lipinski definition) is 3. The fourth-order valence-corrected chi connectivity index (χ4v) is 2.20. The smallest absolute Gasteiger partial charge is 0.238 e. The van der Waals surface area contributed by atoms with Gasteiger partial charge in [-0.05, 0) is 18.6 Å². The monoisotopic (exact) mass is 268 g/mol.